The molecule has 2 aliphatic rings. The van der Waals surface area contributed by atoms with Crippen LogP contribution < -0.4 is 11.1 Å². The van der Waals surface area contributed by atoms with E-state index in [4.69, 9.17) is 15.2 Å². The Kier molecular flexibility index (Phi) is 3.18. The topological polar surface area (TPSA) is 73.6 Å². The second kappa shape index (κ2) is 4.23. The number of rotatable bonds is 2. The Bertz CT molecular complexity index is 301. The second-order valence-electron chi connectivity index (χ2n) is 5.93. The normalized spacial score (nSPS) is 34.5. The predicted molar refractivity (Wildman–Crippen MR) is 63.5 cm³/mol. The van der Waals surface area contributed by atoms with Crippen molar-refractivity contribution in [2.75, 3.05) is 19.7 Å². The van der Waals surface area contributed by atoms with Crippen LogP contribution in [0.25, 0.3) is 0 Å². The zero-order chi connectivity index (χ0) is 12.7. The van der Waals surface area contributed by atoms with E-state index in [-0.39, 0.29) is 5.97 Å². The van der Waals surface area contributed by atoms with Crippen molar-refractivity contribution in [2.24, 2.45) is 11.7 Å². The molecular formula is C12H22N2O3. The van der Waals surface area contributed by atoms with Gasteiger partial charge in [-0.05, 0) is 27.2 Å². The number of carbonyl (C=O) groups excluding carboxylic acids is 1. The number of nitrogens with one attached hydrogen (secondary N) is 1. The maximum absolute atomic E-state index is 12.0. The van der Waals surface area contributed by atoms with Gasteiger partial charge in [-0.1, -0.05) is 0 Å². The maximum atomic E-state index is 12.0. The first kappa shape index (κ1) is 12.8. The standard InChI is InChI=1S/C12H22N2O3/c1-11(2,3)17-10(15)9(13)12-7-14-6-8(12)4-5-16-12/h8-9,14H,4-7,13H2,1-3H3. The number of fused-ring (bicyclic) bond motifs is 1. The monoisotopic (exact) mass is 242 g/mol. The lowest BCUT2D eigenvalue weighted by molar-refractivity contribution is -0.164. The van der Waals surface area contributed by atoms with Gasteiger partial charge < -0.3 is 20.5 Å². The summed E-state index contributed by atoms with van der Waals surface area (Å²) in [6, 6.07) is -0.704. The van der Waals surface area contributed by atoms with Crippen molar-refractivity contribution < 1.29 is 14.3 Å². The highest BCUT2D eigenvalue weighted by Crippen LogP contribution is 2.37. The summed E-state index contributed by atoms with van der Waals surface area (Å²) >= 11 is 0. The quantitative estimate of drug-likeness (QED) is 0.669. The van der Waals surface area contributed by atoms with Crippen molar-refractivity contribution in [3.8, 4) is 0 Å². The fraction of sp³-hybridized carbons (Fsp3) is 0.917. The molecule has 0 saturated carbocycles. The lowest BCUT2D eigenvalue weighted by Crippen LogP contribution is -2.58. The van der Waals surface area contributed by atoms with Crippen LogP contribution in [0.1, 0.15) is 27.2 Å². The second-order valence-corrected chi connectivity index (χ2v) is 5.93. The molecule has 2 saturated heterocycles. The first-order chi connectivity index (χ1) is 7.85. The van der Waals surface area contributed by atoms with Crippen LogP contribution in [-0.2, 0) is 14.3 Å². The van der Waals surface area contributed by atoms with E-state index in [0.717, 1.165) is 13.0 Å². The summed E-state index contributed by atoms with van der Waals surface area (Å²) in [5.41, 5.74) is 5.00. The van der Waals surface area contributed by atoms with Gasteiger partial charge in [-0.3, -0.25) is 4.79 Å². The van der Waals surface area contributed by atoms with Gasteiger partial charge in [-0.15, -0.1) is 0 Å². The van der Waals surface area contributed by atoms with Gasteiger partial charge in [0.2, 0.25) is 0 Å². The molecule has 2 heterocycles. The number of hydrogen-bond acceptors (Lipinski definition) is 5. The third-order valence-electron chi connectivity index (χ3n) is 3.51. The van der Waals surface area contributed by atoms with Crippen molar-refractivity contribution in [1.29, 1.82) is 0 Å². The molecule has 0 radical (unpaired) electrons. The van der Waals surface area contributed by atoms with Crippen molar-refractivity contribution in [2.45, 2.75) is 44.4 Å². The van der Waals surface area contributed by atoms with E-state index in [1.807, 2.05) is 20.8 Å². The molecular weight excluding hydrogens is 220 g/mol. The molecule has 0 aliphatic carbocycles. The van der Waals surface area contributed by atoms with Gasteiger partial charge in [0.1, 0.15) is 17.2 Å². The first-order valence-electron chi connectivity index (χ1n) is 6.18. The third-order valence-corrected chi connectivity index (χ3v) is 3.51. The minimum Gasteiger partial charge on any atom is -0.459 e. The molecule has 5 nitrogen and oxygen atoms in total. The molecule has 0 bridgehead atoms. The van der Waals surface area contributed by atoms with Crippen molar-refractivity contribution >= 4 is 5.97 Å². The molecule has 0 aromatic rings. The van der Waals surface area contributed by atoms with E-state index in [2.05, 4.69) is 5.32 Å². The molecule has 3 N–H and O–H groups in total. The van der Waals surface area contributed by atoms with Crippen LogP contribution in [0.2, 0.25) is 0 Å². The molecule has 0 aromatic heterocycles. The summed E-state index contributed by atoms with van der Waals surface area (Å²) < 4.78 is 11.1. The molecule has 0 aromatic carbocycles. The largest absolute Gasteiger partial charge is 0.459 e. The van der Waals surface area contributed by atoms with E-state index < -0.39 is 17.2 Å². The summed E-state index contributed by atoms with van der Waals surface area (Å²) in [6.07, 6.45) is 0.962. The van der Waals surface area contributed by atoms with Crippen LogP contribution in [0.5, 0.6) is 0 Å². The highest BCUT2D eigenvalue weighted by molar-refractivity contribution is 5.78. The molecule has 98 valence electrons. The van der Waals surface area contributed by atoms with Crippen molar-refractivity contribution in [3.05, 3.63) is 0 Å². The molecule has 17 heavy (non-hydrogen) atoms. The lowest BCUT2D eigenvalue weighted by Gasteiger charge is -2.34. The summed E-state index contributed by atoms with van der Waals surface area (Å²) in [7, 11) is 0. The van der Waals surface area contributed by atoms with Crippen LogP contribution in [0.4, 0.5) is 0 Å². The number of nitrogens with two attached hydrogens (primary N) is 1. The molecule has 0 spiro atoms. The SMILES string of the molecule is CC(C)(C)OC(=O)C(N)C12CNCC1CCO2. The molecule has 2 fully saturated rings. The molecule has 3 unspecified atom stereocenters. The highest BCUT2D eigenvalue weighted by Gasteiger charge is 2.55. The number of hydrogen-bond donors (Lipinski definition) is 2. The number of esters is 1. The molecule has 2 rings (SSSR count). The highest BCUT2D eigenvalue weighted by atomic mass is 16.6. The van der Waals surface area contributed by atoms with Crippen LogP contribution in [0.15, 0.2) is 0 Å². The minimum atomic E-state index is -0.704. The summed E-state index contributed by atoms with van der Waals surface area (Å²) in [6.45, 7) is 7.72. The lowest BCUT2D eigenvalue weighted by atomic mass is 9.84. The average molecular weight is 242 g/mol. The van der Waals surface area contributed by atoms with E-state index in [1.165, 1.54) is 0 Å². The minimum absolute atomic E-state index is 0.324. The van der Waals surface area contributed by atoms with E-state index in [1.54, 1.807) is 0 Å². The summed E-state index contributed by atoms with van der Waals surface area (Å²) in [5.74, 6) is -0.0434. The molecule has 2 aliphatic heterocycles. The number of carbonyl (C=O) groups is 1. The molecule has 3 atom stereocenters. The fourth-order valence-electron chi connectivity index (χ4n) is 2.68. The van der Waals surface area contributed by atoms with Crippen LogP contribution in [0, 0.1) is 5.92 Å². The van der Waals surface area contributed by atoms with Crippen LogP contribution >= 0.6 is 0 Å². The Labute approximate surface area is 102 Å². The van der Waals surface area contributed by atoms with Gasteiger partial charge in [-0.25, -0.2) is 0 Å². The molecule has 0 amide bonds. The number of ether oxygens (including phenoxy) is 2. The smallest absolute Gasteiger partial charge is 0.326 e. The third kappa shape index (κ3) is 2.32. The maximum Gasteiger partial charge on any atom is 0.326 e. The van der Waals surface area contributed by atoms with Gasteiger partial charge in [0, 0.05) is 25.6 Å². The first-order valence-corrected chi connectivity index (χ1v) is 6.18. The van der Waals surface area contributed by atoms with E-state index in [0.29, 0.717) is 19.1 Å². The Hall–Kier alpha value is -0.650. The zero-order valence-corrected chi connectivity index (χ0v) is 10.8. The molecule has 5 heteroatoms. The Balaban J connectivity index is 2.08. The van der Waals surface area contributed by atoms with Gasteiger partial charge in [0.15, 0.2) is 0 Å². The van der Waals surface area contributed by atoms with Gasteiger partial charge in [-0.2, -0.15) is 0 Å². The van der Waals surface area contributed by atoms with Crippen LogP contribution in [-0.4, -0.2) is 42.9 Å². The van der Waals surface area contributed by atoms with Crippen molar-refractivity contribution in [3.63, 3.8) is 0 Å². The van der Waals surface area contributed by atoms with E-state index >= 15 is 0 Å². The summed E-state index contributed by atoms with van der Waals surface area (Å²) in [5, 5.41) is 3.25. The van der Waals surface area contributed by atoms with Gasteiger partial charge >= 0.3 is 5.97 Å². The van der Waals surface area contributed by atoms with Gasteiger partial charge in [0.25, 0.3) is 0 Å². The fourth-order valence-corrected chi connectivity index (χ4v) is 2.68. The Morgan fingerprint density at radius 1 is 1.59 bits per heavy atom. The van der Waals surface area contributed by atoms with Crippen molar-refractivity contribution in [1.82, 2.24) is 5.32 Å². The van der Waals surface area contributed by atoms with Gasteiger partial charge in [0.05, 0.1) is 0 Å². The predicted octanol–water partition coefficient (Wildman–Crippen LogP) is 0.0339. The summed E-state index contributed by atoms with van der Waals surface area (Å²) in [4.78, 5) is 12.0. The Morgan fingerprint density at radius 2 is 2.29 bits per heavy atom. The zero-order valence-electron chi connectivity index (χ0n) is 10.8. The average Bonchev–Trinajstić information content (AvgIpc) is 2.71. The van der Waals surface area contributed by atoms with Crippen LogP contribution in [0.3, 0.4) is 0 Å². The Morgan fingerprint density at radius 3 is 2.94 bits per heavy atom. The van der Waals surface area contributed by atoms with E-state index in [9.17, 15) is 4.79 Å².